The second kappa shape index (κ2) is 3.96. The lowest BCUT2D eigenvalue weighted by molar-refractivity contribution is 0.943. The summed E-state index contributed by atoms with van der Waals surface area (Å²) in [6.07, 6.45) is 0. The van der Waals surface area contributed by atoms with E-state index in [1.165, 1.54) is 0 Å². The number of H-pyrrole nitrogens is 2. The third kappa shape index (κ3) is 1.82. The minimum atomic E-state index is -0.651. The number of aromatic nitrogens is 3. The van der Waals surface area contributed by atoms with Crippen LogP contribution in [0.4, 0.5) is 0 Å². The average molecular weight is 239 g/mol. The van der Waals surface area contributed by atoms with E-state index in [1.807, 2.05) is 47.4 Å². The van der Waals surface area contributed by atoms with Crippen molar-refractivity contribution >= 4 is 10.8 Å². The lowest BCUT2D eigenvalue weighted by Gasteiger charge is -2.02. The zero-order valence-electron chi connectivity index (χ0n) is 9.31. The van der Waals surface area contributed by atoms with Crippen LogP contribution >= 0.6 is 0 Å². The van der Waals surface area contributed by atoms with Crippen molar-refractivity contribution in [1.82, 2.24) is 15.0 Å². The molecule has 0 aliphatic rings. The number of aromatic amines is 2. The summed E-state index contributed by atoms with van der Waals surface area (Å²) in [6, 6.07) is 13.5. The Kier molecular flexibility index (Phi) is 2.30. The summed E-state index contributed by atoms with van der Waals surface area (Å²) in [5.41, 5.74) is -0.503. The second-order valence-corrected chi connectivity index (χ2v) is 3.91. The largest absolute Gasteiger partial charge is 0.351 e. The molecule has 5 heteroatoms. The lowest BCUT2D eigenvalue weighted by Crippen LogP contribution is -2.25. The van der Waals surface area contributed by atoms with Gasteiger partial charge >= 0.3 is 11.4 Å². The van der Waals surface area contributed by atoms with Gasteiger partial charge < -0.3 is 0 Å². The Morgan fingerprint density at radius 1 is 0.889 bits per heavy atom. The van der Waals surface area contributed by atoms with Gasteiger partial charge in [0.2, 0.25) is 0 Å². The molecular weight excluding hydrogens is 230 g/mol. The van der Waals surface area contributed by atoms with Crippen LogP contribution in [-0.2, 0) is 0 Å². The van der Waals surface area contributed by atoms with E-state index in [4.69, 9.17) is 0 Å². The molecule has 88 valence electrons. The molecule has 2 N–H and O–H groups in total. The van der Waals surface area contributed by atoms with Gasteiger partial charge in [-0.3, -0.25) is 9.97 Å². The third-order valence-electron chi connectivity index (χ3n) is 2.69. The highest BCUT2D eigenvalue weighted by atomic mass is 16.2. The van der Waals surface area contributed by atoms with Crippen molar-refractivity contribution in [3.8, 4) is 11.4 Å². The van der Waals surface area contributed by atoms with E-state index in [2.05, 4.69) is 9.97 Å². The maximum atomic E-state index is 11.2. The summed E-state index contributed by atoms with van der Waals surface area (Å²) in [4.78, 5) is 30.6. The molecule has 0 saturated heterocycles. The summed E-state index contributed by atoms with van der Waals surface area (Å²) < 4.78 is 0. The van der Waals surface area contributed by atoms with Crippen LogP contribution in [0.2, 0.25) is 0 Å². The predicted octanol–water partition coefficient (Wildman–Crippen LogP) is 1.28. The molecule has 0 amide bonds. The van der Waals surface area contributed by atoms with E-state index >= 15 is 0 Å². The minimum absolute atomic E-state index is 0.273. The number of benzene rings is 2. The van der Waals surface area contributed by atoms with Gasteiger partial charge in [-0.2, -0.15) is 4.98 Å². The molecule has 0 radical (unpaired) electrons. The van der Waals surface area contributed by atoms with Gasteiger partial charge in [0.1, 0.15) is 5.82 Å². The molecule has 2 aromatic carbocycles. The van der Waals surface area contributed by atoms with Crippen LogP contribution in [0.1, 0.15) is 0 Å². The van der Waals surface area contributed by atoms with Gasteiger partial charge in [-0.25, -0.2) is 9.59 Å². The van der Waals surface area contributed by atoms with E-state index in [0.717, 1.165) is 10.8 Å². The first-order valence-corrected chi connectivity index (χ1v) is 5.42. The maximum Gasteiger partial charge on any atom is 0.351 e. The van der Waals surface area contributed by atoms with Crippen LogP contribution in [0.5, 0.6) is 0 Å². The smallest absolute Gasteiger partial charge is 0.291 e. The van der Waals surface area contributed by atoms with E-state index < -0.39 is 11.4 Å². The summed E-state index contributed by atoms with van der Waals surface area (Å²) >= 11 is 0. The summed E-state index contributed by atoms with van der Waals surface area (Å²) in [5, 5.41) is 2.12. The standard InChI is InChI=1S/C13H9N3O2/c17-12-14-11(15-13(18)16-12)10-6-5-8-3-1-2-4-9(8)7-10/h1-7H,(H2,14,15,16,17,18). The fraction of sp³-hybridized carbons (Fsp3) is 0. The zero-order chi connectivity index (χ0) is 12.5. The summed E-state index contributed by atoms with van der Waals surface area (Å²) in [7, 11) is 0. The van der Waals surface area contributed by atoms with Crippen molar-refractivity contribution in [2.45, 2.75) is 0 Å². The molecule has 0 bridgehead atoms. The molecule has 0 aliphatic heterocycles. The minimum Gasteiger partial charge on any atom is -0.291 e. The van der Waals surface area contributed by atoms with Crippen LogP contribution < -0.4 is 11.4 Å². The Labute approximate surface area is 101 Å². The first-order valence-electron chi connectivity index (χ1n) is 5.42. The summed E-state index contributed by atoms with van der Waals surface area (Å²) in [5.74, 6) is 0.273. The highest BCUT2D eigenvalue weighted by molar-refractivity contribution is 5.86. The monoisotopic (exact) mass is 239 g/mol. The molecule has 0 atom stereocenters. The molecule has 0 fully saturated rings. The molecule has 0 saturated carbocycles. The topological polar surface area (TPSA) is 78.6 Å². The quantitative estimate of drug-likeness (QED) is 0.671. The van der Waals surface area contributed by atoms with Crippen LogP contribution in [0.15, 0.2) is 52.1 Å². The summed E-state index contributed by atoms with van der Waals surface area (Å²) in [6.45, 7) is 0. The SMILES string of the molecule is O=c1nc(-c2ccc3ccccc3c2)[nH]c(=O)[nH]1. The number of rotatable bonds is 1. The van der Waals surface area contributed by atoms with Crippen molar-refractivity contribution in [2.75, 3.05) is 0 Å². The Balaban J connectivity index is 2.25. The fourth-order valence-corrected chi connectivity index (χ4v) is 1.87. The molecule has 18 heavy (non-hydrogen) atoms. The predicted molar refractivity (Wildman–Crippen MR) is 68.4 cm³/mol. The van der Waals surface area contributed by atoms with Crippen LogP contribution in [0.25, 0.3) is 22.2 Å². The highest BCUT2D eigenvalue weighted by Crippen LogP contribution is 2.20. The van der Waals surface area contributed by atoms with Gasteiger partial charge in [-0.05, 0) is 16.8 Å². The Morgan fingerprint density at radius 3 is 2.44 bits per heavy atom. The third-order valence-corrected chi connectivity index (χ3v) is 2.69. The number of fused-ring (bicyclic) bond motifs is 1. The van der Waals surface area contributed by atoms with E-state index in [0.29, 0.717) is 5.56 Å². The first kappa shape index (κ1) is 10.5. The number of hydrogen-bond acceptors (Lipinski definition) is 3. The van der Waals surface area contributed by atoms with Crippen molar-refractivity contribution in [1.29, 1.82) is 0 Å². The van der Waals surface area contributed by atoms with Crippen molar-refractivity contribution in [3.05, 3.63) is 63.4 Å². The molecule has 0 unspecified atom stereocenters. The molecule has 3 aromatic rings. The first-order chi connectivity index (χ1) is 8.72. The van der Waals surface area contributed by atoms with E-state index in [-0.39, 0.29) is 5.82 Å². The Morgan fingerprint density at radius 2 is 1.67 bits per heavy atom. The fourth-order valence-electron chi connectivity index (χ4n) is 1.87. The maximum absolute atomic E-state index is 11.2. The van der Waals surface area contributed by atoms with E-state index in [9.17, 15) is 9.59 Å². The molecular formula is C13H9N3O2. The Hall–Kier alpha value is -2.69. The molecule has 0 spiro atoms. The average Bonchev–Trinajstić information content (AvgIpc) is 2.37. The van der Waals surface area contributed by atoms with Crippen molar-refractivity contribution in [3.63, 3.8) is 0 Å². The van der Waals surface area contributed by atoms with Gasteiger partial charge in [-0.15, -0.1) is 0 Å². The number of nitrogens with zero attached hydrogens (tertiary/aromatic N) is 1. The van der Waals surface area contributed by atoms with Crippen molar-refractivity contribution in [2.24, 2.45) is 0 Å². The molecule has 1 aromatic heterocycles. The van der Waals surface area contributed by atoms with Gasteiger partial charge in [0, 0.05) is 5.56 Å². The van der Waals surface area contributed by atoms with Gasteiger partial charge in [0.25, 0.3) is 0 Å². The van der Waals surface area contributed by atoms with Crippen LogP contribution in [0, 0.1) is 0 Å². The van der Waals surface area contributed by atoms with Crippen molar-refractivity contribution < 1.29 is 0 Å². The molecule has 3 rings (SSSR count). The molecule has 1 heterocycles. The Bertz CT molecular complexity index is 805. The number of nitrogens with one attached hydrogen (secondary N) is 2. The van der Waals surface area contributed by atoms with Gasteiger partial charge in [0.15, 0.2) is 0 Å². The van der Waals surface area contributed by atoms with Gasteiger partial charge in [0.05, 0.1) is 0 Å². The van der Waals surface area contributed by atoms with E-state index in [1.54, 1.807) is 0 Å². The highest BCUT2D eigenvalue weighted by Gasteiger charge is 2.03. The molecule has 5 nitrogen and oxygen atoms in total. The van der Waals surface area contributed by atoms with Gasteiger partial charge in [-0.1, -0.05) is 36.4 Å². The number of hydrogen-bond donors (Lipinski definition) is 2. The molecule has 0 aliphatic carbocycles. The zero-order valence-corrected chi connectivity index (χ0v) is 9.31. The van der Waals surface area contributed by atoms with Crippen LogP contribution in [-0.4, -0.2) is 15.0 Å². The lowest BCUT2D eigenvalue weighted by atomic mass is 10.1. The second-order valence-electron chi connectivity index (χ2n) is 3.91. The van der Waals surface area contributed by atoms with Crippen LogP contribution in [0.3, 0.4) is 0 Å². The normalized spacial score (nSPS) is 10.7.